The minimum atomic E-state index is -0.492. The summed E-state index contributed by atoms with van der Waals surface area (Å²) in [6.45, 7) is 4.00. The van der Waals surface area contributed by atoms with Gasteiger partial charge in [-0.25, -0.2) is 4.39 Å². The molecule has 6 heteroatoms. The molecule has 0 saturated heterocycles. The van der Waals surface area contributed by atoms with E-state index in [0.29, 0.717) is 15.9 Å². The van der Waals surface area contributed by atoms with Crippen molar-refractivity contribution in [2.75, 3.05) is 5.73 Å². The average Bonchev–Trinajstić information content (AvgIpc) is 2.95. The monoisotopic (exact) mass is 368 g/mol. The van der Waals surface area contributed by atoms with Crippen molar-refractivity contribution in [1.29, 1.82) is 0 Å². The minimum absolute atomic E-state index is 0.135. The molecule has 0 spiro atoms. The Balaban J connectivity index is 0.000000774. The molecule has 2 heterocycles. The first kappa shape index (κ1) is 15.7. The Morgan fingerprint density at radius 1 is 1.29 bits per heavy atom. The molecule has 2 N–H and O–H groups in total. The summed E-state index contributed by atoms with van der Waals surface area (Å²) in [7, 11) is 0. The number of pyridine rings is 1. The molecule has 0 fully saturated rings. The molecule has 3 nitrogen and oxygen atoms in total. The van der Waals surface area contributed by atoms with Crippen LogP contribution in [-0.4, -0.2) is 4.98 Å². The van der Waals surface area contributed by atoms with Crippen molar-refractivity contribution in [2.45, 2.75) is 13.8 Å². The molecule has 0 saturated carbocycles. The summed E-state index contributed by atoms with van der Waals surface area (Å²) in [6.07, 6.45) is 1.64. The number of nitrogens with zero attached hydrogens (tertiary/aromatic N) is 1. The van der Waals surface area contributed by atoms with Gasteiger partial charge in [0.2, 0.25) is 0 Å². The van der Waals surface area contributed by atoms with Gasteiger partial charge in [-0.1, -0.05) is 13.8 Å². The lowest BCUT2D eigenvalue weighted by atomic mass is 10.3. The molecular weight excluding hydrogens is 355 g/mol. The number of anilines is 1. The van der Waals surface area contributed by atoms with Crippen LogP contribution in [0.4, 0.5) is 10.1 Å². The number of benzene rings is 1. The number of thiophene rings is 1. The van der Waals surface area contributed by atoms with Crippen LogP contribution in [0.25, 0.3) is 10.2 Å². The van der Waals surface area contributed by atoms with Crippen molar-refractivity contribution in [3.63, 3.8) is 0 Å². The molecule has 110 valence electrons. The van der Waals surface area contributed by atoms with E-state index in [1.165, 1.54) is 23.5 Å². The van der Waals surface area contributed by atoms with E-state index in [4.69, 9.17) is 10.5 Å². The second-order valence-electron chi connectivity index (χ2n) is 3.86. The van der Waals surface area contributed by atoms with Crippen LogP contribution >= 0.6 is 27.3 Å². The van der Waals surface area contributed by atoms with Gasteiger partial charge >= 0.3 is 0 Å². The van der Waals surface area contributed by atoms with Gasteiger partial charge in [-0.15, -0.1) is 11.3 Å². The lowest BCUT2D eigenvalue weighted by Gasteiger charge is -2.09. The summed E-state index contributed by atoms with van der Waals surface area (Å²) in [5.74, 6) is 0.202. The lowest BCUT2D eigenvalue weighted by Crippen LogP contribution is -1.92. The maximum Gasteiger partial charge on any atom is 0.167 e. The van der Waals surface area contributed by atoms with Crippen molar-refractivity contribution in [1.82, 2.24) is 4.98 Å². The Morgan fingerprint density at radius 3 is 2.76 bits per heavy atom. The van der Waals surface area contributed by atoms with Gasteiger partial charge in [0.05, 0.1) is 14.7 Å². The maximum absolute atomic E-state index is 13.8. The Kier molecular flexibility index (Phi) is 5.14. The van der Waals surface area contributed by atoms with E-state index in [1.807, 2.05) is 25.3 Å². The zero-order valence-corrected chi connectivity index (χ0v) is 14.0. The highest BCUT2D eigenvalue weighted by atomic mass is 79.9. The molecule has 3 rings (SSSR count). The van der Waals surface area contributed by atoms with Crippen molar-refractivity contribution in [3.8, 4) is 11.5 Å². The van der Waals surface area contributed by atoms with Crippen LogP contribution in [0, 0.1) is 5.82 Å². The second-order valence-corrected chi connectivity index (χ2v) is 5.63. The highest BCUT2D eigenvalue weighted by Gasteiger charge is 2.13. The minimum Gasteiger partial charge on any atom is -0.451 e. The molecule has 0 aliphatic rings. The zero-order chi connectivity index (χ0) is 15.4. The van der Waals surface area contributed by atoms with E-state index in [9.17, 15) is 4.39 Å². The van der Waals surface area contributed by atoms with Crippen LogP contribution in [0.5, 0.6) is 11.5 Å². The third-order valence-electron chi connectivity index (χ3n) is 2.55. The van der Waals surface area contributed by atoms with Crippen molar-refractivity contribution in [3.05, 3.63) is 46.1 Å². The number of halogens is 2. The normalized spacial score (nSPS) is 10.1. The fraction of sp³-hybridized carbons (Fsp3) is 0.133. The molecule has 0 unspecified atom stereocenters. The van der Waals surface area contributed by atoms with E-state index >= 15 is 0 Å². The number of rotatable bonds is 2. The SMILES string of the molecule is CC.Nc1ccc(Oc2c(Br)cnc3ccsc23)c(F)c1. The van der Waals surface area contributed by atoms with Crippen molar-refractivity contribution >= 4 is 43.2 Å². The Labute approximate surface area is 134 Å². The summed E-state index contributed by atoms with van der Waals surface area (Å²) in [6, 6.07) is 6.23. The topological polar surface area (TPSA) is 48.1 Å². The highest BCUT2D eigenvalue weighted by molar-refractivity contribution is 9.10. The first-order chi connectivity index (χ1) is 10.1. The summed E-state index contributed by atoms with van der Waals surface area (Å²) in [4.78, 5) is 4.25. The number of fused-ring (bicyclic) bond motifs is 1. The predicted octanol–water partition coefficient (Wildman–Crippen LogP) is 5.60. The second kappa shape index (κ2) is 6.87. The third-order valence-corrected chi connectivity index (χ3v) is 4.02. The summed E-state index contributed by atoms with van der Waals surface area (Å²) >= 11 is 4.86. The fourth-order valence-electron chi connectivity index (χ4n) is 1.67. The Morgan fingerprint density at radius 2 is 2.05 bits per heavy atom. The molecule has 21 heavy (non-hydrogen) atoms. The Bertz CT molecular complexity index is 761. The quantitative estimate of drug-likeness (QED) is 0.599. The molecule has 0 aliphatic heterocycles. The Hall–Kier alpha value is -1.66. The molecule has 0 radical (unpaired) electrons. The van der Waals surface area contributed by atoms with Crippen LogP contribution in [0.1, 0.15) is 13.8 Å². The highest BCUT2D eigenvalue weighted by Crippen LogP contribution is 2.39. The number of hydrogen-bond donors (Lipinski definition) is 1. The number of nitrogen functional groups attached to an aromatic ring is 1. The molecule has 0 atom stereocenters. The predicted molar refractivity (Wildman–Crippen MR) is 89.6 cm³/mol. The largest absolute Gasteiger partial charge is 0.451 e. The van der Waals surface area contributed by atoms with Crippen LogP contribution in [0.15, 0.2) is 40.3 Å². The number of nitrogens with two attached hydrogens (primary N) is 1. The fourth-order valence-corrected chi connectivity index (χ4v) is 3.02. The van der Waals surface area contributed by atoms with E-state index in [0.717, 1.165) is 10.2 Å². The average molecular weight is 369 g/mol. The summed E-state index contributed by atoms with van der Waals surface area (Å²) in [5, 5.41) is 1.91. The summed E-state index contributed by atoms with van der Waals surface area (Å²) < 4.78 is 21.0. The number of aromatic nitrogens is 1. The van der Waals surface area contributed by atoms with E-state index in [-0.39, 0.29) is 5.75 Å². The molecule has 2 aromatic heterocycles. The zero-order valence-electron chi connectivity index (χ0n) is 11.6. The van der Waals surface area contributed by atoms with Gasteiger partial charge in [-0.3, -0.25) is 4.98 Å². The molecule has 1 aromatic carbocycles. The van der Waals surface area contributed by atoms with E-state index in [2.05, 4.69) is 20.9 Å². The summed E-state index contributed by atoms with van der Waals surface area (Å²) in [5.41, 5.74) is 6.69. The van der Waals surface area contributed by atoms with Crippen LogP contribution in [-0.2, 0) is 0 Å². The van der Waals surface area contributed by atoms with Crippen molar-refractivity contribution in [2.24, 2.45) is 0 Å². The van der Waals surface area contributed by atoms with Crippen molar-refractivity contribution < 1.29 is 9.13 Å². The smallest absolute Gasteiger partial charge is 0.167 e. The molecule has 0 aliphatic carbocycles. The molecule has 0 amide bonds. The van der Waals surface area contributed by atoms with Gasteiger partial charge in [0.25, 0.3) is 0 Å². The first-order valence-corrected chi connectivity index (χ1v) is 8.07. The lowest BCUT2D eigenvalue weighted by molar-refractivity contribution is 0.445. The molecule has 0 bridgehead atoms. The van der Waals surface area contributed by atoms with Gasteiger partial charge in [0.15, 0.2) is 17.3 Å². The molecule has 3 aromatic rings. The molecular formula is C15H14BrFN2OS. The van der Waals surface area contributed by atoms with Gasteiger partial charge in [0.1, 0.15) is 0 Å². The first-order valence-electron chi connectivity index (χ1n) is 6.40. The van der Waals surface area contributed by atoms with Gasteiger partial charge < -0.3 is 10.5 Å². The van der Waals surface area contributed by atoms with Crippen LogP contribution in [0.2, 0.25) is 0 Å². The van der Waals surface area contributed by atoms with E-state index in [1.54, 1.807) is 12.3 Å². The number of ether oxygens (including phenoxy) is 1. The number of hydrogen-bond acceptors (Lipinski definition) is 4. The van der Waals surface area contributed by atoms with Gasteiger partial charge in [0, 0.05) is 18.0 Å². The standard InChI is InChI=1S/C13H8BrFN2OS.C2H6/c14-8-6-17-10-3-4-19-13(10)12(8)18-11-2-1-7(16)5-9(11)15;1-2/h1-6H,16H2;1-2H3. The third kappa shape index (κ3) is 3.33. The van der Waals surface area contributed by atoms with Gasteiger partial charge in [-0.05, 0) is 39.5 Å². The van der Waals surface area contributed by atoms with Crippen LogP contribution < -0.4 is 10.5 Å². The maximum atomic E-state index is 13.8. The van der Waals surface area contributed by atoms with Crippen LogP contribution in [0.3, 0.4) is 0 Å². The van der Waals surface area contributed by atoms with E-state index < -0.39 is 5.82 Å². The van der Waals surface area contributed by atoms with Gasteiger partial charge in [-0.2, -0.15) is 0 Å².